The van der Waals surface area contributed by atoms with E-state index in [0.29, 0.717) is 42.0 Å². The number of methoxy groups -OCH3 is 1. The number of aryl methyl sites for hydroxylation is 2. The van der Waals surface area contributed by atoms with Gasteiger partial charge in [0, 0.05) is 17.7 Å². The lowest BCUT2D eigenvalue weighted by Crippen LogP contribution is -2.27. The molecule has 1 heterocycles. The third-order valence-electron chi connectivity index (χ3n) is 4.10. The van der Waals surface area contributed by atoms with Crippen LogP contribution in [0.15, 0.2) is 29.1 Å². The van der Waals surface area contributed by atoms with E-state index in [1.807, 2.05) is 13.0 Å². The number of Topliss-reactive ketones (excluding diaryl/α,β-unsaturated/α-hetero) is 1. The van der Waals surface area contributed by atoms with E-state index in [1.54, 1.807) is 12.1 Å². The lowest BCUT2D eigenvalue weighted by molar-refractivity contribution is 0.0971. The molecule has 0 fully saturated rings. The number of aromatic amines is 1. The molecule has 0 radical (unpaired) electrons. The van der Waals surface area contributed by atoms with Crippen LogP contribution >= 0.6 is 0 Å². The number of hydrogen-bond acceptors (Lipinski definition) is 4. The molecule has 6 heteroatoms. The second-order valence-electron chi connectivity index (χ2n) is 5.84. The molecule has 2 N–H and O–H groups in total. The Hall–Kier alpha value is -2.89. The largest absolute Gasteiger partial charge is 0.495 e. The highest BCUT2D eigenvalue weighted by Gasteiger charge is 2.22. The fourth-order valence-corrected chi connectivity index (χ4v) is 2.85. The number of nitrogens with one attached hydrogen (secondary N) is 2. The third-order valence-corrected chi connectivity index (χ3v) is 4.10. The van der Waals surface area contributed by atoms with Gasteiger partial charge in [0.05, 0.1) is 12.8 Å². The summed E-state index contributed by atoms with van der Waals surface area (Å²) < 4.78 is 5.22. The molecule has 1 aromatic carbocycles. The van der Waals surface area contributed by atoms with Crippen molar-refractivity contribution in [3.63, 3.8) is 0 Å². The van der Waals surface area contributed by atoms with Gasteiger partial charge < -0.3 is 15.0 Å². The molecule has 124 valence electrons. The average Bonchev–Trinajstić information content (AvgIpc) is 2.54. The maximum Gasteiger partial charge on any atom is 0.261 e. The number of carbonyl (C=O) groups is 2. The molecule has 0 aliphatic heterocycles. The molecule has 24 heavy (non-hydrogen) atoms. The van der Waals surface area contributed by atoms with Gasteiger partial charge in [0.1, 0.15) is 11.3 Å². The SMILES string of the molecule is COc1ccc(C)cc1NC(=O)c1cc2c([nH]c1=O)CCCC2=O. The van der Waals surface area contributed by atoms with Crippen molar-refractivity contribution in [2.45, 2.75) is 26.2 Å². The molecule has 6 nitrogen and oxygen atoms in total. The highest BCUT2D eigenvalue weighted by Crippen LogP contribution is 2.26. The smallest absolute Gasteiger partial charge is 0.261 e. The number of ketones is 1. The van der Waals surface area contributed by atoms with E-state index < -0.39 is 11.5 Å². The zero-order chi connectivity index (χ0) is 17.3. The number of ether oxygens (including phenoxy) is 1. The number of pyridine rings is 1. The fraction of sp³-hybridized carbons (Fsp3) is 0.278. The number of anilines is 1. The van der Waals surface area contributed by atoms with Crippen LogP contribution in [-0.4, -0.2) is 23.8 Å². The van der Waals surface area contributed by atoms with Crippen LogP contribution in [-0.2, 0) is 6.42 Å². The van der Waals surface area contributed by atoms with Crippen LogP contribution in [0.1, 0.15) is 44.8 Å². The van der Waals surface area contributed by atoms with Crippen molar-refractivity contribution in [3.8, 4) is 5.75 Å². The van der Waals surface area contributed by atoms with Crippen LogP contribution < -0.4 is 15.6 Å². The molecule has 1 aliphatic rings. The van der Waals surface area contributed by atoms with Gasteiger partial charge in [-0.25, -0.2) is 0 Å². The van der Waals surface area contributed by atoms with Crippen LogP contribution in [0.2, 0.25) is 0 Å². The van der Waals surface area contributed by atoms with Gasteiger partial charge in [-0.1, -0.05) is 6.07 Å². The lowest BCUT2D eigenvalue weighted by Gasteiger charge is -2.15. The van der Waals surface area contributed by atoms with Crippen molar-refractivity contribution >= 4 is 17.4 Å². The standard InChI is InChI=1S/C18H18N2O4/c1-10-6-7-16(24-2)14(8-10)20-18(23)12-9-11-13(19-17(12)22)4-3-5-15(11)21/h6-9H,3-5H2,1-2H3,(H,19,22)(H,20,23). The number of hydrogen-bond donors (Lipinski definition) is 2. The molecule has 1 aromatic heterocycles. The average molecular weight is 326 g/mol. The van der Waals surface area contributed by atoms with E-state index in [0.717, 1.165) is 5.56 Å². The first-order chi connectivity index (χ1) is 11.5. The minimum Gasteiger partial charge on any atom is -0.495 e. The van der Waals surface area contributed by atoms with E-state index in [4.69, 9.17) is 4.74 Å². The van der Waals surface area contributed by atoms with Crippen molar-refractivity contribution in [3.05, 3.63) is 57.0 Å². The van der Waals surface area contributed by atoms with E-state index in [1.165, 1.54) is 13.2 Å². The quantitative estimate of drug-likeness (QED) is 0.907. The number of rotatable bonds is 3. The van der Waals surface area contributed by atoms with Gasteiger partial charge in [0.25, 0.3) is 11.5 Å². The van der Waals surface area contributed by atoms with Crippen molar-refractivity contribution in [1.29, 1.82) is 0 Å². The summed E-state index contributed by atoms with van der Waals surface area (Å²) >= 11 is 0. The predicted octanol–water partition coefficient (Wildman–Crippen LogP) is 2.46. The summed E-state index contributed by atoms with van der Waals surface area (Å²) in [5.41, 5.74) is 1.90. The van der Waals surface area contributed by atoms with Gasteiger partial charge in [-0.2, -0.15) is 0 Å². The van der Waals surface area contributed by atoms with Gasteiger partial charge >= 0.3 is 0 Å². The summed E-state index contributed by atoms with van der Waals surface area (Å²) in [6.07, 6.45) is 1.80. The van der Waals surface area contributed by atoms with Crippen molar-refractivity contribution in [2.24, 2.45) is 0 Å². The van der Waals surface area contributed by atoms with Crippen molar-refractivity contribution < 1.29 is 14.3 Å². The number of amides is 1. The molecular formula is C18H18N2O4. The Bertz CT molecular complexity index is 883. The summed E-state index contributed by atoms with van der Waals surface area (Å²) in [5.74, 6) is -0.115. The number of carbonyl (C=O) groups excluding carboxylic acids is 2. The number of H-pyrrole nitrogens is 1. The predicted molar refractivity (Wildman–Crippen MR) is 90.0 cm³/mol. The second-order valence-corrected chi connectivity index (χ2v) is 5.84. The van der Waals surface area contributed by atoms with E-state index in [-0.39, 0.29) is 11.3 Å². The Morgan fingerprint density at radius 1 is 1.21 bits per heavy atom. The van der Waals surface area contributed by atoms with Gasteiger partial charge in [0.2, 0.25) is 0 Å². The lowest BCUT2D eigenvalue weighted by atomic mass is 9.93. The molecule has 1 amide bonds. The first-order valence-corrected chi connectivity index (χ1v) is 7.75. The maximum atomic E-state index is 12.5. The van der Waals surface area contributed by atoms with E-state index >= 15 is 0 Å². The van der Waals surface area contributed by atoms with Gasteiger partial charge in [-0.15, -0.1) is 0 Å². The van der Waals surface area contributed by atoms with Gasteiger partial charge in [0.15, 0.2) is 5.78 Å². The highest BCUT2D eigenvalue weighted by atomic mass is 16.5. The molecule has 0 saturated carbocycles. The molecule has 0 atom stereocenters. The third kappa shape index (κ3) is 2.95. The molecule has 3 rings (SSSR count). The fourth-order valence-electron chi connectivity index (χ4n) is 2.85. The highest BCUT2D eigenvalue weighted by molar-refractivity contribution is 6.07. The Morgan fingerprint density at radius 2 is 2.00 bits per heavy atom. The van der Waals surface area contributed by atoms with Crippen LogP contribution in [0.25, 0.3) is 0 Å². The minimum absolute atomic E-state index is 0.0466. The first-order valence-electron chi connectivity index (χ1n) is 7.75. The molecule has 0 unspecified atom stereocenters. The van der Waals surface area contributed by atoms with E-state index in [2.05, 4.69) is 10.3 Å². The molecule has 0 spiro atoms. The summed E-state index contributed by atoms with van der Waals surface area (Å²) in [5, 5.41) is 2.69. The normalized spacial score (nSPS) is 13.3. The molecule has 1 aliphatic carbocycles. The zero-order valence-electron chi connectivity index (χ0n) is 13.6. The van der Waals surface area contributed by atoms with Gasteiger partial charge in [-0.05, 0) is 43.5 Å². The number of fused-ring (bicyclic) bond motifs is 1. The Balaban J connectivity index is 1.96. The monoisotopic (exact) mass is 326 g/mol. The second kappa shape index (κ2) is 6.31. The number of aromatic nitrogens is 1. The molecule has 0 bridgehead atoms. The summed E-state index contributed by atoms with van der Waals surface area (Å²) in [4.78, 5) is 39.4. The van der Waals surface area contributed by atoms with Crippen molar-refractivity contribution in [2.75, 3.05) is 12.4 Å². The Morgan fingerprint density at radius 3 is 2.75 bits per heavy atom. The topological polar surface area (TPSA) is 88.3 Å². The molecular weight excluding hydrogens is 308 g/mol. The molecule has 2 aromatic rings. The zero-order valence-corrected chi connectivity index (χ0v) is 13.6. The summed E-state index contributed by atoms with van der Waals surface area (Å²) in [6, 6.07) is 6.76. The summed E-state index contributed by atoms with van der Waals surface area (Å²) in [6.45, 7) is 1.89. The van der Waals surface area contributed by atoms with Crippen LogP contribution in [0, 0.1) is 6.92 Å². The van der Waals surface area contributed by atoms with Crippen LogP contribution in [0.3, 0.4) is 0 Å². The van der Waals surface area contributed by atoms with E-state index in [9.17, 15) is 14.4 Å². The summed E-state index contributed by atoms with van der Waals surface area (Å²) in [7, 11) is 1.50. The molecule has 0 saturated heterocycles. The minimum atomic E-state index is -0.568. The number of benzene rings is 1. The Kier molecular flexibility index (Phi) is 4.20. The van der Waals surface area contributed by atoms with Crippen molar-refractivity contribution in [1.82, 2.24) is 4.98 Å². The van der Waals surface area contributed by atoms with Crippen LogP contribution in [0.4, 0.5) is 5.69 Å². The van der Waals surface area contributed by atoms with Gasteiger partial charge in [-0.3, -0.25) is 14.4 Å². The maximum absolute atomic E-state index is 12.5. The van der Waals surface area contributed by atoms with Crippen LogP contribution in [0.5, 0.6) is 5.75 Å². The Labute approximate surface area is 138 Å². The first kappa shape index (κ1) is 16.0.